The number of halogens is 2. The second kappa shape index (κ2) is 8.99. The first-order valence-corrected chi connectivity index (χ1v) is 10.3. The van der Waals surface area contributed by atoms with Crippen LogP contribution in [0.15, 0.2) is 36.4 Å². The number of hydrogen-bond acceptors (Lipinski definition) is 4. The molecule has 5 N–H and O–H groups in total. The zero-order valence-corrected chi connectivity index (χ0v) is 18.3. The van der Waals surface area contributed by atoms with E-state index >= 15 is 0 Å². The normalized spacial score (nSPS) is 16.9. The van der Waals surface area contributed by atoms with E-state index < -0.39 is 17.9 Å². The molecule has 0 fully saturated rings. The number of amides is 2. The highest BCUT2D eigenvalue weighted by molar-refractivity contribution is 6.38. The molecule has 2 aromatic carbocycles. The predicted octanol–water partition coefficient (Wildman–Crippen LogP) is 4.25. The number of benzene rings is 2. The molecule has 0 bridgehead atoms. The Kier molecular flexibility index (Phi) is 6.57. The summed E-state index contributed by atoms with van der Waals surface area (Å²) in [5.41, 5.74) is 8.21. The van der Waals surface area contributed by atoms with Crippen molar-refractivity contribution < 1.29 is 19.5 Å². The van der Waals surface area contributed by atoms with Gasteiger partial charge in [0.2, 0.25) is 11.8 Å². The molecule has 1 heterocycles. The zero-order chi connectivity index (χ0) is 22.9. The molecule has 9 heteroatoms. The minimum absolute atomic E-state index is 0.00615. The first kappa shape index (κ1) is 22.7. The molecule has 1 atom stereocenters. The molecular formula is C22H21Cl2N3O4. The highest BCUT2D eigenvalue weighted by Crippen LogP contribution is 2.43. The lowest BCUT2D eigenvalue weighted by atomic mass is 9.86. The van der Waals surface area contributed by atoms with Gasteiger partial charge in [-0.05, 0) is 35.4 Å². The van der Waals surface area contributed by atoms with Crippen molar-refractivity contribution in [2.45, 2.75) is 26.3 Å². The van der Waals surface area contributed by atoms with E-state index in [0.717, 1.165) is 0 Å². The first-order chi connectivity index (χ1) is 14.6. The summed E-state index contributed by atoms with van der Waals surface area (Å²) in [6.07, 6.45) is -0.00615. The van der Waals surface area contributed by atoms with Gasteiger partial charge in [0.1, 0.15) is 6.04 Å². The summed E-state index contributed by atoms with van der Waals surface area (Å²) in [6, 6.07) is 8.68. The molecule has 31 heavy (non-hydrogen) atoms. The molecule has 7 nitrogen and oxygen atoms in total. The minimum atomic E-state index is -1.09. The minimum Gasteiger partial charge on any atom is -0.480 e. The lowest BCUT2D eigenvalue weighted by Gasteiger charge is -2.29. The quantitative estimate of drug-likeness (QED) is 0.495. The number of fused-ring (bicyclic) bond motifs is 1. The van der Waals surface area contributed by atoms with Gasteiger partial charge in [0, 0.05) is 34.3 Å². The number of nitrogens with two attached hydrogens (primary N) is 1. The smallest absolute Gasteiger partial charge is 0.326 e. The van der Waals surface area contributed by atoms with Crippen LogP contribution in [0.4, 0.5) is 11.4 Å². The molecule has 0 saturated heterocycles. The van der Waals surface area contributed by atoms with Crippen LogP contribution in [-0.2, 0) is 14.4 Å². The van der Waals surface area contributed by atoms with E-state index in [0.29, 0.717) is 33.1 Å². The number of carbonyl (C=O) groups excluding carboxylic acids is 2. The predicted molar refractivity (Wildman–Crippen MR) is 122 cm³/mol. The summed E-state index contributed by atoms with van der Waals surface area (Å²) in [6.45, 7) is 3.56. The Bertz CT molecular complexity index is 1090. The van der Waals surface area contributed by atoms with Crippen molar-refractivity contribution in [3.05, 3.63) is 57.6 Å². The van der Waals surface area contributed by atoms with Gasteiger partial charge >= 0.3 is 5.97 Å². The molecule has 0 spiro atoms. The van der Waals surface area contributed by atoms with Crippen LogP contribution in [-0.4, -0.2) is 28.9 Å². The third-order valence-corrected chi connectivity index (χ3v) is 5.42. The van der Waals surface area contributed by atoms with Crippen molar-refractivity contribution in [3.63, 3.8) is 0 Å². The molecule has 1 unspecified atom stereocenters. The van der Waals surface area contributed by atoms with Crippen LogP contribution in [0, 0.1) is 5.92 Å². The average Bonchev–Trinajstić information content (AvgIpc) is 2.68. The first-order valence-electron chi connectivity index (χ1n) is 9.51. The van der Waals surface area contributed by atoms with Crippen LogP contribution in [0.2, 0.25) is 10.0 Å². The van der Waals surface area contributed by atoms with Crippen LogP contribution < -0.4 is 16.4 Å². The number of primary amides is 1. The second-order valence-corrected chi connectivity index (χ2v) is 8.33. The maximum absolute atomic E-state index is 12.5. The molecule has 0 saturated carbocycles. The highest BCUT2D eigenvalue weighted by atomic mass is 35.5. The zero-order valence-electron chi connectivity index (χ0n) is 16.8. The third kappa shape index (κ3) is 4.84. The number of aliphatic carboxylic acids is 1. The summed E-state index contributed by atoms with van der Waals surface area (Å²) in [5.74, 6) is -2.13. The standard InChI is InChI=1S/C22H21Cl2N3O4/c1-10(2)21(29)26-13-5-3-11(4-6-13)18(20(25)28)14-9-17(22(30)31)27-16-8-12(23)7-15(24)19(14)16/h3-8,10,17,27H,9H2,1-2H3,(H2,25,28)(H,26,29)(H,30,31)/b18-14+. The topological polar surface area (TPSA) is 122 Å². The fourth-order valence-electron chi connectivity index (χ4n) is 3.39. The maximum Gasteiger partial charge on any atom is 0.326 e. The molecule has 0 radical (unpaired) electrons. The van der Waals surface area contributed by atoms with Gasteiger partial charge in [-0.15, -0.1) is 0 Å². The molecule has 0 aromatic heterocycles. The third-order valence-electron chi connectivity index (χ3n) is 4.91. The van der Waals surface area contributed by atoms with Crippen LogP contribution in [0.3, 0.4) is 0 Å². The Morgan fingerprint density at radius 2 is 1.81 bits per heavy atom. The van der Waals surface area contributed by atoms with Gasteiger partial charge in [-0.1, -0.05) is 49.2 Å². The lowest BCUT2D eigenvalue weighted by Crippen LogP contribution is -2.33. The number of rotatable bonds is 5. The monoisotopic (exact) mass is 461 g/mol. The Balaban J connectivity index is 2.15. The summed E-state index contributed by atoms with van der Waals surface area (Å²) < 4.78 is 0. The van der Waals surface area contributed by atoms with Gasteiger partial charge < -0.3 is 21.5 Å². The van der Waals surface area contributed by atoms with Gasteiger partial charge in [0.05, 0.1) is 10.6 Å². The largest absolute Gasteiger partial charge is 0.480 e. The lowest BCUT2D eigenvalue weighted by molar-refractivity contribution is -0.137. The van der Waals surface area contributed by atoms with Crippen molar-refractivity contribution in [2.24, 2.45) is 11.7 Å². The van der Waals surface area contributed by atoms with E-state index in [2.05, 4.69) is 10.6 Å². The second-order valence-electron chi connectivity index (χ2n) is 7.49. The Morgan fingerprint density at radius 3 is 2.35 bits per heavy atom. The SMILES string of the molecule is CC(C)C(=O)Nc1ccc(/C(C(N)=O)=C2/CC(C(=O)O)Nc3cc(Cl)cc(Cl)c32)cc1. The van der Waals surface area contributed by atoms with E-state index in [4.69, 9.17) is 28.9 Å². The molecule has 1 aliphatic heterocycles. The number of carbonyl (C=O) groups is 3. The summed E-state index contributed by atoms with van der Waals surface area (Å²) in [5, 5.41) is 15.8. The number of anilines is 2. The van der Waals surface area contributed by atoms with Crippen molar-refractivity contribution in [3.8, 4) is 0 Å². The molecular weight excluding hydrogens is 441 g/mol. The number of hydrogen-bond donors (Lipinski definition) is 4. The number of carboxylic acid groups (broad SMARTS) is 1. The summed E-state index contributed by atoms with van der Waals surface area (Å²) in [7, 11) is 0. The number of carboxylic acids is 1. The van der Waals surface area contributed by atoms with Gasteiger partial charge in [-0.3, -0.25) is 9.59 Å². The van der Waals surface area contributed by atoms with Crippen molar-refractivity contribution in [1.29, 1.82) is 0 Å². The molecule has 3 rings (SSSR count). The Morgan fingerprint density at radius 1 is 1.16 bits per heavy atom. The van der Waals surface area contributed by atoms with Crippen LogP contribution >= 0.6 is 23.2 Å². The van der Waals surface area contributed by atoms with Crippen LogP contribution in [0.5, 0.6) is 0 Å². The fraction of sp³-hybridized carbons (Fsp3) is 0.227. The van der Waals surface area contributed by atoms with Crippen molar-refractivity contribution >= 4 is 63.5 Å². The molecule has 0 aliphatic carbocycles. The average molecular weight is 462 g/mol. The van der Waals surface area contributed by atoms with E-state index in [1.54, 1.807) is 44.2 Å². The molecule has 2 aromatic rings. The van der Waals surface area contributed by atoms with Crippen LogP contribution in [0.25, 0.3) is 11.1 Å². The molecule has 2 amide bonds. The van der Waals surface area contributed by atoms with Crippen molar-refractivity contribution in [2.75, 3.05) is 10.6 Å². The van der Waals surface area contributed by atoms with E-state index in [1.165, 1.54) is 6.07 Å². The van der Waals surface area contributed by atoms with Gasteiger partial charge in [-0.25, -0.2) is 4.79 Å². The van der Waals surface area contributed by atoms with Gasteiger partial charge in [-0.2, -0.15) is 0 Å². The Labute approximate surface area is 189 Å². The van der Waals surface area contributed by atoms with E-state index in [-0.39, 0.29) is 28.8 Å². The van der Waals surface area contributed by atoms with Gasteiger partial charge in [0.25, 0.3) is 0 Å². The molecule has 162 valence electrons. The highest BCUT2D eigenvalue weighted by Gasteiger charge is 2.32. The number of nitrogens with one attached hydrogen (secondary N) is 2. The molecule has 1 aliphatic rings. The Hall–Kier alpha value is -3.03. The van der Waals surface area contributed by atoms with Crippen LogP contribution in [0.1, 0.15) is 31.4 Å². The van der Waals surface area contributed by atoms with E-state index in [1.807, 2.05) is 0 Å². The fourth-order valence-corrected chi connectivity index (χ4v) is 3.99. The summed E-state index contributed by atoms with van der Waals surface area (Å²) >= 11 is 12.5. The van der Waals surface area contributed by atoms with Crippen molar-refractivity contribution in [1.82, 2.24) is 0 Å². The maximum atomic E-state index is 12.5. The summed E-state index contributed by atoms with van der Waals surface area (Å²) in [4.78, 5) is 36.1. The van der Waals surface area contributed by atoms with E-state index in [9.17, 15) is 19.5 Å². The van der Waals surface area contributed by atoms with Gasteiger partial charge in [0.15, 0.2) is 0 Å².